The maximum atomic E-state index is 12.6. The van der Waals surface area contributed by atoms with Crippen LogP contribution >= 0.6 is 0 Å². The zero-order valence-electron chi connectivity index (χ0n) is 13.5. The number of carbonyl (C=O) groups excluding carboxylic acids is 2. The van der Waals surface area contributed by atoms with Crippen molar-refractivity contribution in [1.82, 2.24) is 10.2 Å². The van der Waals surface area contributed by atoms with E-state index in [1.165, 1.54) is 0 Å². The Morgan fingerprint density at radius 2 is 1.92 bits per heavy atom. The number of aliphatic hydroxyl groups excluding tert-OH is 1. The first-order chi connectivity index (χ1) is 11.5. The van der Waals surface area contributed by atoms with E-state index in [0.717, 1.165) is 28.5 Å². The molecule has 1 saturated heterocycles. The Morgan fingerprint density at radius 3 is 2.62 bits per heavy atom. The maximum Gasteiger partial charge on any atom is 0.325 e. The molecule has 0 radical (unpaired) electrons. The lowest BCUT2D eigenvalue weighted by Crippen LogP contribution is -2.46. The summed E-state index contributed by atoms with van der Waals surface area (Å²) in [6.45, 7) is 1.76. The largest absolute Gasteiger partial charge is 0.387 e. The van der Waals surface area contributed by atoms with E-state index in [2.05, 4.69) is 5.32 Å². The average molecular weight is 324 g/mol. The summed E-state index contributed by atoms with van der Waals surface area (Å²) < 4.78 is 0. The van der Waals surface area contributed by atoms with Gasteiger partial charge in [0.1, 0.15) is 5.54 Å². The smallest absolute Gasteiger partial charge is 0.325 e. The summed E-state index contributed by atoms with van der Waals surface area (Å²) >= 11 is 0. The van der Waals surface area contributed by atoms with Gasteiger partial charge in [-0.1, -0.05) is 36.4 Å². The summed E-state index contributed by atoms with van der Waals surface area (Å²) in [5, 5.41) is 15.4. The molecule has 0 spiro atoms. The van der Waals surface area contributed by atoms with Gasteiger partial charge < -0.3 is 10.4 Å². The molecule has 3 amide bonds. The molecule has 1 saturated carbocycles. The average Bonchev–Trinajstić information content (AvgIpc) is 3.40. The second-order valence-corrected chi connectivity index (χ2v) is 6.94. The van der Waals surface area contributed by atoms with Gasteiger partial charge in [-0.2, -0.15) is 0 Å². The van der Waals surface area contributed by atoms with Gasteiger partial charge in [0.2, 0.25) is 0 Å². The quantitative estimate of drug-likeness (QED) is 0.849. The van der Waals surface area contributed by atoms with Crippen LogP contribution in [0.4, 0.5) is 4.79 Å². The molecule has 2 fully saturated rings. The summed E-state index contributed by atoms with van der Waals surface area (Å²) in [6, 6.07) is 13.2. The van der Waals surface area contributed by atoms with Crippen LogP contribution in [0.15, 0.2) is 42.5 Å². The molecule has 2 aliphatic rings. The number of hydrogen-bond acceptors (Lipinski definition) is 3. The van der Waals surface area contributed by atoms with Gasteiger partial charge in [0.15, 0.2) is 0 Å². The zero-order valence-corrected chi connectivity index (χ0v) is 13.5. The van der Waals surface area contributed by atoms with Crippen LogP contribution in [-0.4, -0.2) is 34.0 Å². The van der Waals surface area contributed by atoms with Gasteiger partial charge in [-0.3, -0.25) is 9.69 Å². The third-order valence-corrected chi connectivity index (χ3v) is 5.21. The highest BCUT2D eigenvalue weighted by molar-refractivity contribution is 6.07. The number of hydrogen-bond donors (Lipinski definition) is 2. The Morgan fingerprint density at radius 1 is 1.21 bits per heavy atom. The second-order valence-electron chi connectivity index (χ2n) is 6.94. The minimum atomic E-state index is -0.897. The minimum absolute atomic E-state index is 0.0225. The second kappa shape index (κ2) is 5.31. The van der Waals surface area contributed by atoms with Crippen LogP contribution in [0.2, 0.25) is 0 Å². The Labute approximate surface area is 140 Å². The highest BCUT2D eigenvalue weighted by Gasteiger charge is 2.56. The monoisotopic (exact) mass is 324 g/mol. The van der Waals surface area contributed by atoms with Gasteiger partial charge in [-0.05, 0) is 48.1 Å². The summed E-state index contributed by atoms with van der Waals surface area (Å²) in [7, 11) is 0. The Hall–Kier alpha value is -2.40. The number of amides is 3. The standard InChI is InChI=1S/C19H20N2O3/c1-19(15-8-9-15)17(23)21(18(24)20-19)11-16(22)14-7-6-12-4-2-3-5-13(12)10-14/h2-7,10,15-16,22H,8-9,11H2,1H3,(H,20,24)/t16-,19+/m0/s1. The molecule has 0 unspecified atom stereocenters. The van der Waals surface area contributed by atoms with Crippen LogP contribution in [0.3, 0.4) is 0 Å². The normalized spacial score (nSPS) is 25.2. The Balaban J connectivity index is 1.55. The predicted octanol–water partition coefficient (Wildman–Crippen LogP) is 2.59. The fraction of sp³-hybridized carbons (Fsp3) is 0.368. The van der Waals surface area contributed by atoms with E-state index in [4.69, 9.17) is 0 Å². The van der Waals surface area contributed by atoms with Crippen molar-refractivity contribution >= 4 is 22.7 Å². The van der Waals surface area contributed by atoms with E-state index in [-0.39, 0.29) is 18.4 Å². The number of fused-ring (bicyclic) bond motifs is 1. The predicted molar refractivity (Wildman–Crippen MR) is 90.3 cm³/mol. The van der Waals surface area contributed by atoms with Crippen LogP contribution in [0.5, 0.6) is 0 Å². The van der Waals surface area contributed by atoms with Crippen molar-refractivity contribution in [1.29, 1.82) is 0 Å². The number of rotatable bonds is 4. The Bertz CT molecular complexity index is 830. The number of aliphatic hydroxyl groups is 1. The minimum Gasteiger partial charge on any atom is -0.387 e. The maximum absolute atomic E-state index is 12.6. The van der Waals surface area contributed by atoms with Gasteiger partial charge in [0, 0.05) is 0 Å². The summed E-state index contributed by atoms with van der Waals surface area (Å²) in [4.78, 5) is 26.0. The lowest BCUT2D eigenvalue weighted by molar-refractivity contribution is -0.132. The molecule has 24 heavy (non-hydrogen) atoms. The molecule has 1 aliphatic carbocycles. The third kappa shape index (κ3) is 2.36. The lowest BCUT2D eigenvalue weighted by atomic mass is 9.96. The van der Waals surface area contributed by atoms with Crippen molar-refractivity contribution in [2.45, 2.75) is 31.4 Å². The number of β-amino-alcohol motifs (C(OH)–C–C–N with tert-alkyl or cyclic N) is 1. The first-order valence-electron chi connectivity index (χ1n) is 8.30. The molecular formula is C19H20N2O3. The van der Waals surface area contributed by atoms with E-state index < -0.39 is 17.7 Å². The highest BCUT2D eigenvalue weighted by Crippen LogP contribution is 2.42. The molecule has 1 aliphatic heterocycles. The third-order valence-electron chi connectivity index (χ3n) is 5.21. The van der Waals surface area contributed by atoms with E-state index in [1.54, 1.807) is 6.92 Å². The number of benzene rings is 2. The molecule has 5 heteroatoms. The number of nitrogens with one attached hydrogen (secondary N) is 1. The topological polar surface area (TPSA) is 69.6 Å². The first kappa shape index (κ1) is 15.1. The summed E-state index contributed by atoms with van der Waals surface area (Å²) in [5.74, 6) is -0.00778. The van der Waals surface area contributed by atoms with Gasteiger partial charge >= 0.3 is 6.03 Å². The highest BCUT2D eigenvalue weighted by atomic mass is 16.3. The molecule has 4 rings (SSSR count). The number of urea groups is 1. The molecular weight excluding hydrogens is 304 g/mol. The first-order valence-corrected chi connectivity index (χ1v) is 8.30. The van der Waals surface area contributed by atoms with Gasteiger partial charge in [0.05, 0.1) is 12.6 Å². The van der Waals surface area contributed by atoms with Crippen molar-refractivity contribution in [2.75, 3.05) is 6.54 Å². The fourth-order valence-electron chi connectivity index (χ4n) is 3.51. The molecule has 0 bridgehead atoms. The molecule has 5 nitrogen and oxygen atoms in total. The van der Waals surface area contributed by atoms with Crippen molar-refractivity contribution in [3.8, 4) is 0 Å². The van der Waals surface area contributed by atoms with E-state index in [9.17, 15) is 14.7 Å². The molecule has 0 aromatic heterocycles. The number of carbonyl (C=O) groups is 2. The van der Waals surface area contributed by atoms with Crippen LogP contribution < -0.4 is 5.32 Å². The number of imide groups is 1. The van der Waals surface area contributed by atoms with Crippen molar-refractivity contribution < 1.29 is 14.7 Å². The van der Waals surface area contributed by atoms with Gasteiger partial charge in [-0.25, -0.2) is 4.79 Å². The molecule has 2 N–H and O–H groups in total. The SMILES string of the molecule is C[C@]1(C2CC2)NC(=O)N(C[C@H](O)c2ccc3ccccc3c2)C1=O. The molecule has 124 valence electrons. The van der Waals surface area contributed by atoms with Crippen LogP contribution in [0.25, 0.3) is 10.8 Å². The Kier molecular flexibility index (Phi) is 3.35. The van der Waals surface area contributed by atoms with Crippen molar-refractivity contribution in [3.63, 3.8) is 0 Å². The fourth-order valence-corrected chi connectivity index (χ4v) is 3.51. The van der Waals surface area contributed by atoms with E-state index in [1.807, 2.05) is 42.5 Å². The van der Waals surface area contributed by atoms with Crippen LogP contribution in [-0.2, 0) is 4.79 Å². The summed E-state index contributed by atoms with van der Waals surface area (Å²) in [6.07, 6.45) is 1.03. The van der Waals surface area contributed by atoms with Crippen molar-refractivity contribution in [2.24, 2.45) is 5.92 Å². The zero-order chi connectivity index (χ0) is 16.9. The van der Waals surface area contributed by atoms with E-state index in [0.29, 0.717) is 5.56 Å². The number of nitrogens with zero attached hydrogens (tertiary/aromatic N) is 1. The van der Waals surface area contributed by atoms with Gasteiger partial charge in [0.25, 0.3) is 5.91 Å². The molecule has 2 atom stereocenters. The molecule has 2 aromatic carbocycles. The van der Waals surface area contributed by atoms with E-state index >= 15 is 0 Å². The molecule has 1 heterocycles. The van der Waals surface area contributed by atoms with Crippen molar-refractivity contribution in [3.05, 3.63) is 48.0 Å². The van der Waals surface area contributed by atoms with Crippen LogP contribution in [0, 0.1) is 5.92 Å². The summed E-state index contributed by atoms with van der Waals surface area (Å²) in [5.41, 5.74) is -0.102. The van der Waals surface area contributed by atoms with Gasteiger partial charge in [-0.15, -0.1) is 0 Å². The lowest BCUT2D eigenvalue weighted by Gasteiger charge is -2.22. The van der Waals surface area contributed by atoms with Crippen LogP contribution in [0.1, 0.15) is 31.4 Å². The molecule has 2 aromatic rings.